The van der Waals surface area contributed by atoms with Crippen LogP contribution in [0.3, 0.4) is 0 Å². The molecule has 0 fully saturated rings. The number of aryl methyl sites for hydroxylation is 1. The number of nitrogens with one attached hydrogen (secondary N) is 1. The number of aromatic nitrogens is 1. The zero-order valence-electron chi connectivity index (χ0n) is 11.5. The van der Waals surface area contributed by atoms with Crippen LogP contribution >= 0.6 is 11.6 Å². The van der Waals surface area contributed by atoms with Crippen molar-refractivity contribution in [3.05, 3.63) is 58.4 Å². The van der Waals surface area contributed by atoms with E-state index in [1.807, 2.05) is 0 Å². The van der Waals surface area contributed by atoms with E-state index in [0.717, 1.165) is 5.56 Å². The van der Waals surface area contributed by atoms with Crippen LogP contribution in [0.1, 0.15) is 26.3 Å². The number of ether oxygens (including phenoxy) is 1. The lowest BCUT2D eigenvalue weighted by atomic mass is 10.1. The Bertz CT molecular complexity index is 701. The second-order valence-corrected chi connectivity index (χ2v) is 4.68. The smallest absolute Gasteiger partial charge is 0.337 e. The molecular weight excluding hydrogens is 292 g/mol. The molecule has 0 aliphatic carbocycles. The molecule has 1 aromatic heterocycles. The monoisotopic (exact) mass is 304 g/mol. The maximum absolute atomic E-state index is 12.1. The lowest BCUT2D eigenvalue weighted by molar-refractivity contribution is 0.0600. The van der Waals surface area contributed by atoms with Gasteiger partial charge in [0, 0.05) is 11.9 Å². The van der Waals surface area contributed by atoms with Crippen LogP contribution in [0.4, 0.5) is 5.69 Å². The molecule has 0 bridgehead atoms. The second-order valence-electron chi connectivity index (χ2n) is 4.32. The fourth-order valence-corrected chi connectivity index (χ4v) is 2.00. The predicted molar refractivity (Wildman–Crippen MR) is 79.7 cm³/mol. The molecule has 0 saturated heterocycles. The lowest BCUT2D eigenvalue weighted by Crippen LogP contribution is -2.14. The normalized spacial score (nSPS) is 10.0. The first-order valence-corrected chi connectivity index (χ1v) is 6.51. The summed E-state index contributed by atoms with van der Waals surface area (Å²) in [6.45, 7) is 1.78. The van der Waals surface area contributed by atoms with Gasteiger partial charge in [0.15, 0.2) is 0 Å². The van der Waals surface area contributed by atoms with Crippen molar-refractivity contribution in [2.45, 2.75) is 6.92 Å². The van der Waals surface area contributed by atoms with E-state index in [2.05, 4.69) is 15.0 Å². The van der Waals surface area contributed by atoms with E-state index in [1.165, 1.54) is 13.3 Å². The van der Waals surface area contributed by atoms with Gasteiger partial charge in [-0.1, -0.05) is 11.6 Å². The fourth-order valence-electron chi connectivity index (χ4n) is 1.79. The van der Waals surface area contributed by atoms with E-state index < -0.39 is 5.97 Å². The number of esters is 1. The first kappa shape index (κ1) is 15.0. The number of amides is 1. The summed E-state index contributed by atoms with van der Waals surface area (Å²) >= 11 is 5.88. The Balaban J connectivity index is 2.22. The Morgan fingerprint density at radius 3 is 2.67 bits per heavy atom. The van der Waals surface area contributed by atoms with Crippen LogP contribution in [0.5, 0.6) is 0 Å². The number of pyridine rings is 1. The molecule has 21 heavy (non-hydrogen) atoms. The number of hydrogen-bond donors (Lipinski definition) is 1. The minimum atomic E-state index is -0.425. The molecule has 0 unspecified atom stereocenters. The van der Waals surface area contributed by atoms with Crippen molar-refractivity contribution in [3.8, 4) is 0 Å². The van der Waals surface area contributed by atoms with Crippen molar-refractivity contribution >= 4 is 29.2 Å². The average Bonchev–Trinajstić information content (AvgIpc) is 2.48. The number of halogens is 1. The van der Waals surface area contributed by atoms with Gasteiger partial charge in [0.2, 0.25) is 0 Å². The van der Waals surface area contributed by atoms with Gasteiger partial charge >= 0.3 is 5.97 Å². The molecule has 0 aliphatic rings. The molecule has 2 rings (SSSR count). The summed E-state index contributed by atoms with van der Waals surface area (Å²) in [5, 5.41) is 2.87. The molecule has 0 saturated carbocycles. The van der Waals surface area contributed by atoms with E-state index in [0.29, 0.717) is 11.3 Å². The number of benzene rings is 1. The van der Waals surface area contributed by atoms with E-state index >= 15 is 0 Å². The van der Waals surface area contributed by atoms with Crippen LogP contribution in [0.25, 0.3) is 0 Å². The third-order valence-electron chi connectivity index (χ3n) is 2.90. The van der Waals surface area contributed by atoms with Crippen LogP contribution in [0.15, 0.2) is 36.5 Å². The molecule has 1 amide bonds. The summed E-state index contributed by atoms with van der Waals surface area (Å²) in [6, 6.07) is 8.09. The molecule has 1 heterocycles. The standard InChI is InChI=1S/C15H13ClN2O3/c1-9-8-10(15(20)21-2)5-6-12(9)18-14(19)11-4-3-7-17-13(11)16/h3-8H,1-2H3,(H,18,19). The highest BCUT2D eigenvalue weighted by Gasteiger charge is 2.13. The van der Waals surface area contributed by atoms with Gasteiger partial charge in [0.25, 0.3) is 5.91 Å². The number of carbonyl (C=O) groups excluding carboxylic acids is 2. The topological polar surface area (TPSA) is 68.3 Å². The zero-order valence-corrected chi connectivity index (χ0v) is 12.3. The van der Waals surface area contributed by atoms with E-state index in [-0.39, 0.29) is 16.6 Å². The Morgan fingerprint density at radius 2 is 2.05 bits per heavy atom. The first-order chi connectivity index (χ1) is 10.0. The van der Waals surface area contributed by atoms with Gasteiger partial charge in [0.1, 0.15) is 5.15 Å². The van der Waals surface area contributed by atoms with Crippen LogP contribution in [-0.2, 0) is 4.74 Å². The SMILES string of the molecule is COC(=O)c1ccc(NC(=O)c2cccnc2Cl)c(C)c1. The molecule has 6 heteroatoms. The van der Waals surface area contributed by atoms with Crippen LogP contribution < -0.4 is 5.32 Å². The number of methoxy groups -OCH3 is 1. The Hall–Kier alpha value is -2.40. The molecular formula is C15H13ClN2O3. The van der Waals surface area contributed by atoms with Gasteiger partial charge in [0.05, 0.1) is 18.2 Å². The lowest BCUT2D eigenvalue weighted by Gasteiger charge is -2.10. The highest BCUT2D eigenvalue weighted by Crippen LogP contribution is 2.19. The van der Waals surface area contributed by atoms with Gasteiger partial charge in [-0.25, -0.2) is 9.78 Å². The summed E-state index contributed by atoms with van der Waals surface area (Å²) in [6.07, 6.45) is 1.51. The highest BCUT2D eigenvalue weighted by atomic mass is 35.5. The highest BCUT2D eigenvalue weighted by molar-refractivity contribution is 6.33. The number of anilines is 1. The third kappa shape index (κ3) is 3.38. The van der Waals surface area contributed by atoms with Gasteiger partial charge in [-0.05, 0) is 42.8 Å². The first-order valence-electron chi connectivity index (χ1n) is 6.13. The van der Waals surface area contributed by atoms with Gasteiger partial charge in [-0.15, -0.1) is 0 Å². The molecule has 0 aliphatic heterocycles. The van der Waals surface area contributed by atoms with Crippen molar-refractivity contribution in [2.75, 3.05) is 12.4 Å². The maximum Gasteiger partial charge on any atom is 0.337 e. The zero-order chi connectivity index (χ0) is 15.4. The Kier molecular flexibility index (Phi) is 4.55. The van der Waals surface area contributed by atoms with E-state index in [1.54, 1.807) is 37.3 Å². The summed E-state index contributed by atoms with van der Waals surface area (Å²) in [5.41, 5.74) is 2.04. The molecule has 0 atom stereocenters. The van der Waals surface area contributed by atoms with E-state index in [4.69, 9.17) is 11.6 Å². The van der Waals surface area contributed by atoms with E-state index in [9.17, 15) is 9.59 Å². The minimum absolute atomic E-state index is 0.138. The summed E-state index contributed by atoms with van der Waals surface area (Å²) in [4.78, 5) is 27.4. The summed E-state index contributed by atoms with van der Waals surface area (Å²) in [5.74, 6) is -0.784. The second kappa shape index (κ2) is 6.37. The third-order valence-corrected chi connectivity index (χ3v) is 3.20. The van der Waals surface area contributed by atoms with Gasteiger partial charge in [-0.2, -0.15) is 0 Å². The predicted octanol–water partition coefficient (Wildman–Crippen LogP) is 3.08. The number of nitrogens with zero attached hydrogens (tertiary/aromatic N) is 1. The summed E-state index contributed by atoms with van der Waals surface area (Å²) < 4.78 is 4.65. The van der Waals surface area contributed by atoms with Gasteiger partial charge < -0.3 is 10.1 Å². The van der Waals surface area contributed by atoms with Crippen LogP contribution in [0.2, 0.25) is 5.15 Å². The summed E-state index contributed by atoms with van der Waals surface area (Å²) in [7, 11) is 1.32. The van der Waals surface area contributed by atoms with Crippen molar-refractivity contribution in [1.29, 1.82) is 0 Å². The van der Waals surface area contributed by atoms with Crippen molar-refractivity contribution in [1.82, 2.24) is 4.98 Å². The largest absolute Gasteiger partial charge is 0.465 e. The van der Waals surface area contributed by atoms with Crippen LogP contribution in [0, 0.1) is 6.92 Å². The van der Waals surface area contributed by atoms with Crippen molar-refractivity contribution in [2.24, 2.45) is 0 Å². The van der Waals surface area contributed by atoms with Crippen molar-refractivity contribution in [3.63, 3.8) is 0 Å². The average molecular weight is 305 g/mol. The van der Waals surface area contributed by atoms with Gasteiger partial charge in [-0.3, -0.25) is 4.79 Å². The molecule has 0 spiro atoms. The van der Waals surface area contributed by atoms with Crippen LogP contribution in [-0.4, -0.2) is 24.0 Å². The molecule has 0 radical (unpaired) electrons. The molecule has 1 aromatic carbocycles. The maximum atomic E-state index is 12.1. The molecule has 2 aromatic rings. The number of rotatable bonds is 3. The minimum Gasteiger partial charge on any atom is -0.465 e. The van der Waals surface area contributed by atoms with Crippen molar-refractivity contribution < 1.29 is 14.3 Å². The molecule has 108 valence electrons. The Morgan fingerprint density at radius 1 is 1.29 bits per heavy atom. The molecule has 5 nitrogen and oxygen atoms in total. The number of hydrogen-bond acceptors (Lipinski definition) is 4. The fraction of sp³-hybridized carbons (Fsp3) is 0.133. The Labute approximate surface area is 126 Å². The quantitative estimate of drug-likeness (QED) is 0.699. The molecule has 1 N–H and O–H groups in total. The number of carbonyl (C=O) groups is 2.